The van der Waals surface area contributed by atoms with Crippen molar-refractivity contribution in [2.45, 2.75) is 32.7 Å². The number of rotatable bonds is 5. The fourth-order valence-corrected chi connectivity index (χ4v) is 2.77. The molecule has 13 heavy (non-hydrogen) atoms. The number of nitrogens with zero attached hydrogens (tertiary/aromatic N) is 1. The highest BCUT2D eigenvalue weighted by Crippen LogP contribution is 2.20. The Hall–Kier alpha value is 0.200. The fourth-order valence-electron chi connectivity index (χ4n) is 0.834. The van der Waals surface area contributed by atoms with E-state index in [1.54, 1.807) is 7.05 Å². The minimum atomic E-state index is -3.18. The first-order valence-corrected chi connectivity index (χ1v) is 6.45. The van der Waals surface area contributed by atoms with Crippen LogP contribution in [0.4, 0.5) is 0 Å². The average Bonchev–Trinajstić information content (AvgIpc) is 2.03. The first kappa shape index (κ1) is 13.2. The molecule has 0 aromatic carbocycles. The second kappa shape index (κ2) is 4.62. The van der Waals surface area contributed by atoms with Crippen LogP contribution in [0, 0.1) is 0 Å². The Balaban J connectivity index is 4.69. The van der Waals surface area contributed by atoms with Crippen molar-refractivity contribution in [2.24, 2.45) is 0 Å². The lowest BCUT2D eigenvalue weighted by atomic mass is 10.0. The van der Waals surface area contributed by atoms with Gasteiger partial charge in [0.2, 0.25) is 10.0 Å². The summed E-state index contributed by atoms with van der Waals surface area (Å²) in [5, 5.41) is 0. The van der Waals surface area contributed by atoms with E-state index < -0.39 is 10.0 Å². The van der Waals surface area contributed by atoms with Crippen LogP contribution >= 0.6 is 11.6 Å². The number of hydrogen-bond acceptors (Lipinski definition) is 2. The highest BCUT2D eigenvalue weighted by Gasteiger charge is 2.30. The van der Waals surface area contributed by atoms with E-state index in [2.05, 4.69) is 0 Å². The molecule has 0 aromatic rings. The summed E-state index contributed by atoms with van der Waals surface area (Å²) in [4.78, 5) is 0. The molecule has 0 saturated heterocycles. The van der Waals surface area contributed by atoms with Gasteiger partial charge in [-0.3, -0.25) is 0 Å². The minimum absolute atomic E-state index is 0.00842. The number of alkyl halides is 1. The van der Waals surface area contributed by atoms with E-state index in [0.717, 1.165) is 6.42 Å². The Kier molecular flexibility index (Phi) is 4.69. The van der Waals surface area contributed by atoms with Crippen molar-refractivity contribution in [2.75, 3.05) is 18.7 Å². The van der Waals surface area contributed by atoms with E-state index >= 15 is 0 Å². The lowest BCUT2D eigenvalue weighted by molar-refractivity contribution is 0.257. The molecule has 0 heterocycles. The van der Waals surface area contributed by atoms with E-state index in [1.807, 2.05) is 20.8 Å². The van der Waals surface area contributed by atoms with Gasteiger partial charge in [-0.05, 0) is 20.3 Å². The summed E-state index contributed by atoms with van der Waals surface area (Å²) < 4.78 is 24.6. The zero-order valence-electron chi connectivity index (χ0n) is 8.67. The maximum atomic E-state index is 11.6. The highest BCUT2D eigenvalue weighted by molar-refractivity contribution is 7.89. The molecule has 0 fully saturated rings. The van der Waals surface area contributed by atoms with E-state index in [9.17, 15) is 8.42 Å². The first-order valence-electron chi connectivity index (χ1n) is 4.30. The molecule has 0 saturated carbocycles. The molecule has 0 rings (SSSR count). The van der Waals surface area contributed by atoms with Gasteiger partial charge in [-0.15, -0.1) is 11.6 Å². The molecule has 0 spiro atoms. The molecule has 0 aliphatic rings. The highest BCUT2D eigenvalue weighted by atomic mass is 35.5. The number of sulfonamides is 1. The fraction of sp³-hybridized carbons (Fsp3) is 1.00. The van der Waals surface area contributed by atoms with E-state index in [4.69, 9.17) is 11.6 Å². The average molecular weight is 228 g/mol. The normalized spacial score (nSPS) is 13.7. The molecular formula is C8H18ClNO2S. The summed E-state index contributed by atoms with van der Waals surface area (Å²) in [5.74, 6) is 0.154. The van der Waals surface area contributed by atoms with Crippen LogP contribution in [0.2, 0.25) is 0 Å². The molecule has 0 aliphatic heterocycles. The zero-order chi connectivity index (χ0) is 10.7. The molecule has 0 N–H and O–H groups in total. The molecule has 3 nitrogen and oxygen atoms in total. The van der Waals surface area contributed by atoms with Crippen LogP contribution < -0.4 is 0 Å². The third-order valence-corrected chi connectivity index (χ3v) is 4.93. The van der Waals surface area contributed by atoms with Gasteiger partial charge in [-0.2, -0.15) is 4.31 Å². The van der Waals surface area contributed by atoms with Gasteiger partial charge < -0.3 is 0 Å². The number of halogens is 1. The monoisotopic (exact) mass is 227 g/mol. The predicted octanol–water partition coefficient (Wildman–Crippen LogP) is 1.68. The second-order valence-electron chi connectivity index (χ2n) is 3.64. The van der Waals surface area contributed by atoms with Gasteiger partial charge in [0.05, 0.1) is 5.75 Å². The van der Waals surface area contributed by atoms with Crippen LogP contribution in [0.25, 0.3) is 0 Å². The molecule has 0 aromatic heterocycles. The first-order chi connectivity index (χ1) is 5.78. The van der Waals surface area contributed by atoms with E-state index in [0.29, 0.717) is 0 Å². The lowest BCUT2D eigenvalue weighted by Gasteiger charge is -2.33. The van der Waals surface area contributed by atoms with Gasteiger partial charge in [0.15, 0.2) is 0 Å². The van der Waals surface area contributed by atoms with Crippen molar-refractivity contribution >= 4 is 21.6 Å². The molecule has 80 valence electrons. The quantitative estimate of drug-likeness (QED) is 0.671. The summed E-state index contributed by atoms with van der Waals surface area (Å²) in [6, 6.07) is 0. The summed E-state index contributed by atoms with van der Waals surface area (Å²) >= 11 is 5.42. The second-order valence-corrected chi connectivity index (χ2v) is 6.14. The van der Waals surface area contributed by atoms with E-state index in [1.165, 1.54) is 4.31 Å². The standard InChI is InChI=1S/C8H18ClNO2S/c1-5-8(2,3)10(4)13(11,12)7-6-9/h5-7H2,1-4H3. The van der Waals surface area contributed by atoms with Crippen LogP contribution in [0.3, 0.4) is 0 Å². The van der Waals surface area contributed by atoms with Crippen LogP contribution in [0.15, 0.2) is 0 Å². The van der Waals surface area contributed by atoms with Gasteiger partial charge in [-0.25, -0.2) is 8.42 Å². The van der Waals surface area contributed by atoms with Gasteiger partial charge in [0.1, 0.15) is 0 Å². The molecule has 0 atom stereocenters. The molecule has 0 bridgehead atoms. The van der Waals surface area contributed by atoms with Crippen molar-refractivity contribution in [1.82, 2.24) is 4.31 Å². The Morgan fingerprint density at radius 1 is 1.38 bits per heavy atom. The van der Waals surface area contributed by atoms with Gasteiger partial charge in [0, 0.05) is 18.5 Å². The van der Waals surface area contributed by atoms with Gasteiger partial charge in [-0.1, -0.05) is 6.92 Å². The summed E-state index contributed by atoms with van der Waals surface area (Å²) in [6.07, 6.45) is 0.783. The van der Waals surface area contributed by atoms with Crippen molar-refractivity contribution in [1.29, 1.82) is 0 Å². The van der Waals surface area contributed by atoms with Crippen LogP contribution in [-0.4, -0.2) is 36.9 Å². The maximum Gasteiger partial charge on any atom is 0.215 e. The minimum Gasteiger partial charge on any atom is -0.212 e. The molecule has 0 aliphatic carbocycles. The van der Waals surface area contributed by atoms with Crippen molar-refractivity contribution in [3.63, 3.8) is 0 Å². The Labute approximate surface area is 86.1 Å². The van der Waals surface area contributed by atoms with Crippen molar-refractivity contribution < 1.29 is 8.42 Å². The molecule has 0 amide bonds. The lowest BCUT2D eigenvalue weighted by Crippen LogP contribution is -2.45. The third-order valence-electron chi connectivity index (χ3n) is 2.47. The summed E-state index contributed by atoms with van der Waals surface area (Å²) in [6.45, 7) is 5.77. The van der Waals surface area contributed by atoms with E-state index in [-0.39, 0.29) is 17.2 Å². The molecular weight excluding hydrogens is 210 g/mol. The molecule has 0 radical (unpaired) electrons. The summed E-state index contributed by atoms with van der Waals surface area (Å²) in [7, 11) is -1.58. The zero-order valence-corrected chi connectivity index (χ0v) is 10.2. The van der Waals surface area contributed by atoms with Gasteiger partial charge in [0.25, 0.3) is 0 Å². The number of hydrogen-bond donors (Lipinski definition) is 0. The van der Waals surface area contributed by atoms with Crippen molar-refractivity contribution in [3.8, 4) is 0 Å². The predicted molar refractivity (Wildman–Crippen MR) is 56.6 cm³/mol. The molecule has 5 heteroatoms. The molecule has 0 unspecified atom stereocenters. The van der Waals surface area contributed by atoms with Crippen LogP contribution in [0.1, 0.15) is 27.2 Å². The Morgan fingerprint density at radius 2 is 1.85 bits per heavy atom. The topological polar surface area (TPSA) is 37.4 Å². The van der Waals surface area contributed by atoms with Gasteiger partial charge >= 0.3 is 0 Å². The smallest absolute Gasteiger partial charge is 0.212 e. The van der Waals surface area contributed by atoms with Crippen molar-refractivity contribution in [3.05, 3.63) is 0 Å². The van der Waals surface area contributed by atoms with Crippen LogP contribution in [-0.2, 0) is 10.0 Å². The summed E-state index contributed by atoms with van der Waals surface area (Å²) in [5.41, 5.74) is -0.328. The maximum absolute atomic E-state index is 11.6. The Morgan fingerprint density at radius 3 is 2.15 bits per heavy atom. The Bertz CT molecular complexity index is 249. The largest absolute Gasteiger partial charge is 0.215 e. The SMILES string of the molecule is CCC(C)(C)N(C)S(=O)(=O)CCCl. The third kappa shape index (κ3) is 3.44. The van der Waals surface area contributed by atoms with Crippen LogP contribution in [0.5, 0.6) is 0 Å².